The number of carbonyl (C=O) groups excluding carboxylic acids is 1. The number of carbonyl (C=O) groups is 1. The molecule has 8 heteroatoms. The van der Waals surface area contributed by atoms with Gasteiger partial charge in [0.25, 0.3) is 0 Å². The monoisotopic (exact) mass is 417 g/mol. The predicted octanol–water partition coefficient (Wildman–Crippen LogP) is 2.20. The summed E-state index contributed by atoms with van der Waals surface area (Å²) < 4.78 is 27.9. The second-order valence-corrected chi connectivity index (χ2v) is 10.1. The molecule has 1 aromatic carbocycles. The molecule has 6 nitrogen and oxygen atoms in total. The molecule has 0 aliphatic carbocycles. The van der Waals surface area contributed by atoms with Crippen molar-refractivity contribution in [2.24, 2.45) is 5.73 Å². The lowest BCUT2D eigenvalue weighted by Crippen LogP contribution is -2.53. The first kappa shape index (κ1) is 23.9. The Balaban J connectivity index is 0.00000364. The van der Waals surface area contributed by atoms with Crippen LogP contribution in [0.5, 0.6) is 0 Å². The third kappa shape index (κ3) is 5.02. The van der Waals surface area contributed by atoms with Gasteiger partial charge >= 0.3 is 0 Å². The van der Waals surface area contributed by atoms with Crippen LogP contribution in [-0.4, -0.2) is 55.8 Å². The summed E-state index contributed by atoms with van der Waals surface area (Å²) >= 11 is 0. The van der Waals surface area contributed by atoms with E-state index in [9.17, 15) is 13.2 Å². The highest BCUT2D eigenvalue weighted by atomic mass is 35.5. The van der Waals surface area contributed by atoms with Gasteiger partial charge in [-0.3, -0.25) is 4.79 Å². The standard InChI is InChI=1S/C19H31N3O3S.ClH/c1-13-11-16(19(4,5)6)12-14(2)17(13)26(24,25)22-9-7-21(8-10-22)18(23)15(3)20;/h11-12,15H,7-10,20H2,1-6H3;1H/t15-;/m1./s1. The number of nitrogens with zero attached hydrogens (tertiary/aromatic N) is 2. The van der Waals surface area contributed by atoms with Gasteiger partial charge in [-0.05, 0) is 42.9 Å². The average Bonchev–Trinajstić information content (AvgIpc) is 2.52. The van der Waals surface area contributed by atoms with Crippen LogP contribution in [0, 0.1) is 13.8 Å². The fraction of sp³-hybridized carbons (Fsp3) is 0.632. The van der Waals surface area contributed by atoms with Crippen LogP contribution in [0.15, 0.2) is 17.0 Å². The SMILES string of the molecule is Cc1cc(C(C)(C)C)cc(C)c1S(=O)(=O)N1CCN(C(=O)[C@@H](C)N)CC1.Cl. The van der Waals surface area contributed by atoms with Gasteiger partial charge in [0.1, 0.15) is 0 Å². The van der Waals surface area contributed by atoms with Crippen molar-refractivity contribution >= 4 is 28.3 Å². The summed E-state index contributed by atoms with van der Waals surface area (Å²) in [7, 11) is -3.59. The summed E-state index contributed by atoms with van der Waals surface area (Å²) in [6, 6.07) is 3.37. The molecule has 0 saturated carbocycles. The van der Waals surface area contributed by atoms with Gasteiger partial charge in [-0.15, -0.1) is 12.4 Å². The van der Waals surface area contributed by atoms with Crippen LogP contribution in [0.2, 0.25) is 0 Å². The van der Waals surface area contributed by atoms with Crippen molar-refractivity contribution in [1.29, 1.82) is 0 Å². The fourth-order valence-corrected chi connectivity index (χ4v) is 5.19. The first-order valence-corrected chi connectivity index (χ1v) is 10.5. The van der Waals surface area contributed by atoms with E-state index in [1.807, 2.05) is 26.0 Å². The van der Waals surface area contributed by atoms with Crippen molar-refractivity contribution in [3.05, 3.63) is 28.8 Å². The van der Waals surface area contributed by atoms with Crippen molar-refractivity contribution in [3.8, 4) is 0 Å². The van der Waals surface area contributed by atoms with E-state index >= 15 is 0 Å². The van der Waals surface area contributed by atoms with Gasteiger partial charge in [-0.1, -0.05) is 32.9 Å². The third-order valence-electron chi connectivity index (χ3n) is 4.86. The first-order chi connectivity index (χ1) is 11.9. The van der Waals surface area contributed by atoms with Gasteiger partial charge in [0.15, 0.2) is 0 Å². The second kappa shape index (κ2) is 8.47. The highest BCUT2D eigenvalue weighted by Gasteiger charge is 2.33. The van der Waals surface area contributed by atoms with E-state index < -0.39 is 16.1 Å². The molecule has 27 heavy (non-hydrogen) atoms. The number of piperazine rings is 1. The molecule has 0 aromatic heterocycles. The first-order valence-electron chi connectivity index (χ1n) is 9.02. The number of hydrogen-bond donors (Lipinski definition) is 1. The highest BCUT2D eigenvalue weighted by Crippen LogP contribution is 2.31. The molecule has 1 saturated heterocycles. The van der Waals surface area contributed by atoms with E-state index in [4.69, 9.17) is 5.73 Å². The molecule has 1 fully saturated rings. The largest absolute Gasteiger partial charge is 0.339 e. The minimum Gasteiger partial charge on any atom is -0.339 e. The lowest BCUT2D eigenvalue weighted by atomic mass is 9.85. The Labute approximate surface area is 169 Å². The van der Waals surface area contributed by atoms with Crippen LogP contribution >= 0.6 is 12.4 Å². The van der Waals surface area contributed by atoms with Crippen LogP contribution < -0.4 is 5.73 Å². The number of rotatable bonds is 3. The molecule has 0 spiro atoms. The lowest BCUT2D eigenvalue weighted by molar-refractivity contribution is -0.133. The smallest absolute Gasteiger partial charge is 0.243 e. The molecule has 154 valence electrons. The second-order valence-electron chi connectivity index (χ2n) is 8.21. The number of sulfonamides is 1. The Morgan fingerprint density at radius 2 is 1.52 bits per heavy atom. The molecular formula is C19H32ClN3O3S. The van der Waals surface area contributed by atoms with E-state index in [-0.39, 0.29) is 23.7 Å². The van der Waals surface area contributed by atoms with E-state index in [1.54, 1.807) is 11.8 Å². The topological polar surface area (TPSA) is 83.7 Å². The van der Waals surface area contributed by atoms with Gasteiger partial charge in [-0.2, -0.15) is 4.31 Å². The average molecular weight is 418 g/mol. The van der Waals surface area contributed by atoms with Crippen LogP contribution in [0.3, 0.4) is 0 Å². The lowest BCUT2D eigenvalue weighted by Gasteiger charge is -2.35. The van der Waals surface area contributed by atoms with Crippen LogP contribution in [-0.2, 0) is 20.2 Å². The van der Waals surface area contributed by atoms with Gasteiger partial charge in [0.2, 0.25) is 15.9 Å². The summed E-state index contributed by atoms with van der Waals surface area (Å²) in [5.41, 5.74) is 8.26. The number of aryl methyl sites for hydroxylation is 2. The van der Waals surface area contributed by atoms with Gasteiger partial charge in [-0.25, -0.2) is 8.42 Å². The zero-order valence-corrected chi connectivity index (χ0v) is 18.7. The van der Waals surface area contributed by atoms with Crippen molar-refractivity contribution < 1.29 is 13.2 Å². The van der Waals surface area contributed by atoms with Crippen LogP contribution in [0.25, 0.3) is 0 Å². The molecule has 0 radical (unpaired) electrons. The third-order valence-corrected chi connectivity index (χ3v) is 7.07. The zero-order valence-electron chi connectivity index (χ0n) is 17.1. The molecule has 0 bridgehead atoms. The van der Waals surface area contributed by atoms with E-state index in [0.717, 1.165) is 16.7 Å². The predicted molar refractivity (Wildman–Crippen MR) is 111 cm³/mol. The van der Waals surface area contributed by atoms with Crippen LogP contribution in [0.1, 0.15) is 44.4 Å². The summed E-state index contributed by atoms with van der Waals surface area (Å²) in [6.45, 7) is 13.0. The number of benzene rings is 1. The van der Waals surface area contributed by atoms with Crippen molar-refractivity contribution in [3.63, 3.8) is 0 Å². The zero-order chi connectivity index (χ0) is 19.9. The maximum atomic E-state index is 13.2. The Bertz CT molecular complexity index is 770. The molecule has 1 aliphatic heterocycles. The van der Waals surface area contributed by atoms with Crippen molar-refractivity contribution in [2.75, 3.05) is 26.2 Å². The van der Waals surface area contributed by atoms with E-state index in [1.165, 1.54) is 4.31 Å². The summed E-state index contributed by atoms with van der Waals surface area (Å²) in [5.74, 6) is -0.135. The molecule has 0 unspecified atom stereocenters. The Hall–Kier alpha value is -1.15. The van der Waals surface area contributed by atoms with E-state index in [2.05, 4.69) is 20.8 Å². The van der Waals surface area contributed by atoms with Crippen molar-refractivity contribution in [1.82, 2.24) is 9.21 Å². The molecular weight excluding hydrogens is 386 g/mol. The molecule has 1 aliphatic rings. The highest BCUT2D eigenvalue weighted by molar-refractivity contribution is 7.89. The van der Waals surface area contributed by atoms with Crippen LogP contribution in [0.4, 0.5) is 0 Å². The van der Waals surface area contributed by atoms with Gasteiger partial charge in [0, 0.05) is 26.2 Å². The molecule has 2 rings (SSSR count). The fourth-order valence-electron chi connectivity index (χ4n) is 3.36. The number of amides is 1. The Morgan fingerprint density at radius 1 is 1.07 bits per heavy atom. The van der Waals surface area contributed by atoms with Crippen molar-refractivity contribution in [2.45, 2.75) is 57.9 Å². The molecule has 2 N–H and O–H groups in total. The Kier molecular flexibility index (Phi) is 7.49. The molecule has 1 aromatic rings. The quantitative estimate of drug-likeness (QED) is 0.817. The number of hydrogen-bond acceptors (Lipinski definition) is 4. The minimum atomic E-state index is -3.59. The number of halogens is 1. The molecule has 1 amide bonds. The van der Waals surface area contributed by atoms with E-state index in [0.29, 0.717) is 31.1 Å². The molecule has 1 atom stereocenters. The summed E-state index contributed by atoms with van der Waals surface area (Å²) in [5, 5.41) is 0. The summed E-state index contributed by atoms with van der Waals surface area (Å²) in [4.78, 5) is 14.0. The maximum Gasteiger partial charge on any atom is 0.243 e. The maximum absolute atomic E-state index is 13.2. The Morgan fingerprint density at radius 3 is 1.89 bits per heavy atom. The van der Waals surface area contributed by atoms with Gasteiger partial charge in [0.05, 0.1) is 10.9 Å². The number of nitrogens with two attached hydrogens (primary N) is 1. The minimum absolute atomic E-state index is 0. The summed E-state index contributed by atoms with van der Waals surface area (Å²) in [6.07, 6.45) is 0. The normalized spacial score (nSPS) is 17.4. The molecule has 1 heterocycles. The van der Waals surface area contributed by atoms with Gasteiger partial charge < -0.3 is 10.6 Å².